The fourth-order valence-corrected chi connectivity index (χ4v) is 3.60. The van der Waals surface area contributed by atoms with Gasteiger partial charge in [-0.25, -0.2) is 0 Å². The van der Waals surface area contributed by atoms with Crippen LogP contribution >= 0.6 is 0 Å². The maximum absolute atomic E-state index is 11.8. The summed E-state index contributed by atoms with van der Waals surface area (Å²) in [5.74, 6) is -0.210. The number of carbonyl (C=O) groups is 1. The second kappa shape index (κ2) is 7.17. The third kappa shape index (κ3) is 3.15. The van der Waals surface area contributed by atoms with E-state index >= 15 is 0 Å². The Morgan fingerprint density at radius 1 is 1.31 bits per heavy atom. The van der Waals surface area contributed by atoms with Gasteiger partial charge in [0.05, 0.1) is 11.6 Å². The Kier molecular flexibility index (Phi) is 4.94. The molecular weight excluding hydrogens is 324 g/mol. The van der Waals surface area contributed by atoms with Gasteiger partial charge in [-0.1, -0.05) is 0 Å². The summed E-state index contributed by atoms with van der Waals surface area (Å²) in [5, 5.41) is 12.3. The van der Waals surface area contributed by atoms with Crippen LogP contribution in [0.1, 0.15) is 47.4 Å². The number of amides is 1. The highest BCUT2D eigenvalue weighted by Crippen LogP contribution is 2.36. The van der Waals surface area contributed by atoms with Crippen molar-refractivity contribution in [3.05, 3.63) is 46.8 Å². The second-order valence-electron chi connectivity index (χ2n) is 6.99. The second-order valence-corrected chi connectivity index (χ2v) is 6.99. The number of rotatable bonds is 3. The minimum atomic E-state index is -0.210. The van der Waals surface area contributed by atoms with E-state index in [-0.39, 0.29) is 5.91 Å². The maximum atomic E-state index is 11.8. The predicted molar refractivity (Wildman–Crippen MR) is 103 cm³/mol. The normalized spacial score (nSPS) is 13.3. The highest BCUT2D eigenvalue weighted by Gasteiger charge is 2.22. The Bertz CT molecular complexity index is 896. The largest absolute Gasteiger partial charge is 0.369 e. The Morgan fingerprint density at radius 2 is 2.08 bits per heavy atom. The van der Waals surface area contributed by atoms with Crippen LogP contribution in [0, 0.1) is 18.3 Å². The standard InChI is InChI=1S/C21H24N4O/c1-13(2)25-7-5-6-15-9-17(16(11-22)10-20(15)25)18-12-24-19(8-14(18)3)21(26)23-4/h8-10,12-13H,5-7H2,1-4H3,(H,23,26). The summed E-state index contributed by atoms with van der Waals surface area (Å²) in [6.07, 6.45) is 3.83. The van der Waals surface area contributed by atoms with Gasteiger partial charge in [-0.15, -0.1) is 0 Å². The minimum absolute atomic E-state index is 0.210. The number of benzene rings is 1. The molecule has 0 bridgehead atoms. The van der Waals surface area contributed by atoms with Crippen molar-refractivity contribution in [1.29, 1.82) is 5.26 Å². The predicted octanol–water partition coefficient (Wildman–Crippen LogP) is 3.45. The molecule has 3 rings (SSSR count). The van der Waals surface area contributed by atoms with Gasteiger partial charge < -0.3 is 10.2 Å². The van der Waals surface area contributed by atoms with E-state index in [0.717, 1.165) is 36.1 Å². The average molecular weight is 348 g/mol. The van der Waals surface area contributed by atoms with E-state index in [4.69, 9.17) is 0 Å². The first-order chi connectivity index (χ1) is 12.5. The van der Waals surface area contributed by atoms with Crippen molar-refractivity contribution in [2.24, 2.45) is 0 Å². The molecule has 0 aliphatic carbocycles. The molecular formula is C21H24N4O. The number of nitrogens with one attached hydrogen (secondary N) is 1. The molecule has 1 amide bonds. The van der Waals surface area contributed by atoms with Crippen molar-refractivity contribution in [2.75, 3.05) is 18.5 Å². The van der Waals surface area contributed by atoms with Gasteiger partial charge in [-0.3, -0.25) is 9.78 Å². The van der Waals surface area contributed by atoms with Crippen molar-refractivity contribution < 1.29 is 4.79 Å². The molecule has 0 fully saturated rings. The van der Waals surface area contributed by atoms with Gasteiger partial charge in [0.15, 0.2) is 0 Å². The van der Waals surface area contributed by atoms with E-state index < -0.39 is 0 Å². The summed E-state index contributed by atoms with van der Waals surface area (Å²) in [4.78, 5) is 18.4. The molecule has 26 heavy (non-hydrogen) atoms. The summed E-state index contributed by atoms with van der Waals surface area (Å²) in [5.41, 5.74) is 6.20. The number of pyridine rings is 1. The lowest BCUT2D eigenvalue weighted by atomic mass is 9.91. The van der Waals surface area contributed by atoms with Crippen molar-refractivity contribution in [3.63, 3.8) is 0 Å². The van der Waals surface area contributed by atoms with E-state index in [0.29, 0.717) is 17.3 Å². The number of fused-ring (bicyclic) bond motifs is 1. The van der Waals surface area contributed by atoms with E-state index in [1.165, 1.54) is 11.3 Å². The minimum Gasteiger partial charge on any atom is -0.369 e. The molecule has 0 unspecified atom stereocenters. The van der Waals surface area contributed by atoms with Crippen LogP contribution < -0.4 is 10.2 Å². The quantitative estimate of drug-likeness (QED) is 0.922. The molecule has 5 heteroatoms. The number of aromatic nitrogens is 1. The molecule has 1 N–H and O–H groups in total. The van der Waals surface area contributed by atoms with Gasteiger partial charge in [-0.2, -0.15) is 5.26 Å². The third-order valence-electron chi connectivity index (χ3n) is 4.98. The smallest absolute Gasteiger partial charge is 0.269 e. The molecule has 5 nitrogen and oxygen atoms in total. The van der Waals surface area contributed by atoms with Gasteiger partial charge in [0.1, 0.15) is 5.69 Å². The molecule has 1 aromatic heterocycles. The number of nitrogens with zero attached hydrogens (tertiary/aromatic N) is 3. The molecule has 1 aliphatic rings. The summed E-state index contributed by atoms with van der Waals surface area (Å²) in [7, 11) is 1.59. The number of hydrogen-bond acceptors (Lipinski definition) is 4. The highest BCUT2D eigenvalue weighted by molar-refractivity contribution is 5.93. The molecule has 0 saturated heterocycles. The van der Waals surface area contributed by atoms with Gasteiger partial charge in [-0.05, 0) is 62.9 Å². The van der Waals surface area contributed by atoms with Crippen LogP contribution in [0.4, 0.5) is 5.69 Å². The molecule has 1 aliphatic heterocycles. The van der Waals surface area contributed by atoms with Gasteiger partial charge in [0, 0.05) is 42.6 Å². The molecule has 0 spiro atoms. The number of hydrogen-bond donors (Lipinski definition) is 1. The number of aryl methyl sites for hydroxylation is 2. The number of nitriles is 1. The van der Waals surface area contributed by atoms with Gasteiger partial charge in [0.25, 0.3) is 5.91 Å². The molecule has 1 aromatic carbocycles. The molecule has 0 saturated carbocycles. The van der Waals surface area contributed by atoms with Gasteiger partial charge >= 0.3 is 0 Å². The molecule has 2 aromatic rings. The summed E-state index contributed by atoms with van der Waals surface area (Å²) in [6.45, 7) is 7.34. The monoisotopic (exact) mass is 348 g/mol. The topological polar surface area (TPSA) is 69.0 Å². The van der Waals surface area contributed by atoms with Crippen LogP contribution in [0.3, 0.4) is 0 Å². The Morgan fingerprint density at radius 3 is 2.69 bits per heavy atom. The van der Waals surface area contributed by atoms with E-state index in [1.807, 2.05) is 13.0 Å². The lowest BCUT2D eigenvalue weighted by Gasteiger charge is -2.35. The van der Waals surface area contributed by atoms with Crippen molar-refractivity contribution in [3.8, 4) is 17.2 Å². The van der Waals surface area contributed by atoms with Crippen molar-refractivity contribution in [1.82, 2.24) is 10.3 Å². The Hall–Kier alpha value is -2.87. The van der Waals surface area contributed by atoms with E-state index in [9.17, 15) is 10.1 Å². The zero-order valence-electron chi connectivity index (χ0n) is 15.8. The van der Waals surface area contributed by atoms with Crippen LogP contribution in [-0.4, -0.2) is 30.5 Å². The molecule has 2 heterocycles. The zero-order valence-corrected chi connectivity index (χ0v) is 15.8. The molecule has 0 atom stereocenters. The van der Waals surface area contributed by atoms with E-state index in [2.05, 4.69) is 41.2 Å². The summed E-state index contributed by atoms with van der Waals surface area (Å²) < 4.78 is 0. The first kappa shape index (κ1) is 17.9. The molecule has 0 radical (unpaired) electrons. The molecule has 134 valence electrons. The maximum Gasteiger partial charge on any atom is 0.269 e. The van der Waals surface area contributed by atoms with Crippen LogP contribution in [0.2, 0.25) is 0 Å². The fourth-order valence-electron chi connectivity index (χ4n) is 3.60. The van der Waals surface area contributed by atoms with Crippen molar-refractivity contribution >= 4 is 11.6 Å². The Balaban J connectivity index is 2.12. The first-order valence-electron chi connectivity index (χ1n) is 8.99. The number of anilines is 1. The SMILES string of the molecule is CNC(=O)c1cc(C)c(-c2cc3c(cc2C#N)N(C(C)C)CCC3)cn1. The lowest BCUT2D eigenvalue weighted by Crippen LogP contribution is -2.35. The summed E-state index contributed by atoms with van der Waals surface area (Å²) >= 11 is 0. The zero-order chi connectivity index (χ0) is 18.8. The lowest BCUT2D eigenvalue weighted by molar-refractivity contribution is 0.0958. The van der Waals surface area contributed by atoms with E-state index in [1.54, 1.807) is 19.3 Å². The van der Waals surface area contributed by atoms with Crippen LogP contribution in [0.25, 0.3) is 11.1 Å². The van der Waals surface area contributed by atoms with Crippen LogP contribution in [0.15, 0.2) is 24.4 Å². The van der Waals surface area contributed by atoms with Crippen LogP contribution in [-0.2, 0) is 6.42 Å². The highest BCUT2D eigenvalue weighted by atomic mass is 16.1. The average Bonchev–Trinajstić information content (AvgIpc) is 2.65. The fraction of sp³-hybridized carbons (Fsp3) is 0.381. The van der Waals surface area contributed by atoms with Crippen LogP contribution in [0.5, 0.6) is 0 Å². The first-order valence-corrected chi connectivity index (χ1v) is 8.99. The summed E-state index contributed by atoms with van der Waals surface area (Å²) in [6, 6.07) is 8.66. The van der Waals surface area contributed by atoms with Crippen molar-refractivity contribution in [2.45, 2.75) is 39.7 Å². The Labute approximate surface area is 154 Å². The third-order valence-corrected chi connectivity index (χ3v) is 4.98. The van der Waals surface area contributed by atoms with Gasteiger partial charge in [0.2, 0.25) is 0 Å². The number of carbonyl (C=O) groups excluding carboxylic acids is 1.